The average molecular weight is 256 g/mol. The summed E-state index contributed by atoms with van der Waals surface area (Å²) in [6.07, 6.45) is 5.10. The zero-order valence-corrected chi connectivity index (χ0v) is 10.9. The number of amides is 1. The van der Waals surface area contributed by atoms with E-state index >= 15 is 0 Å². The molecule has 2 aromatic rings. The van der Waals surface area contributed by atoms with Gasteiger partial charge in [0.15, 0.2) is 0 Å². The highest BCUT2D eigenvalue weighted by atomic mass is 16.1. The van der Waals surface area contributed by atoms with E-state index in [0.717, 1.165) is 5.56 Å². The molecule has 2 heterocycles. The van der Waals surface area contributed by atoms with Crippen LogP contribution in [0.1, 0.15) is 28.9 Å². The third-order valence-electron chi connectivity index (χ3n) is 2.82. The van der Waals surface area contributed by atoms with Crippen LogP contribution >= 0.6 is 0 Å². The van der Waals surface area contributed by atoms with Gasteiger partial charge in [-0.05, 0) is 30.7 Å². The van der Waals surface area contributed by atoms with Crippen molar-refractivity contribution in [2.45, 2.75) is 13.0 Å². The molecule has 5 heteroatoms. The van der Waals surface area contributed by atoms with Crippen LogP contribution in [0.3, 0.4) is 0 Å². The number of hydrogen-bond acceptors (Lipinski definition) is 4. The number of rotatable bonds is 4. The van der Waals surface area contributed by atoms with E-state index in [9.17, 15) is 4.79 Å². The van der Waals surface area contributed by atoms with Crippen molar-refractivity contribution in [3.8, 4) is 0 Å². The largest absolute Gasteiger partial charge is 0.372 e. The molecule has 1 atom stereocenters. The lowest BCUT2D eigenvalue weighted by molar-refractivity contribution is 0.0940. The minimum atomic E-state index is -0.159. The summed E-state index contributed by atoms with van der Waals surface area (Å²) in [4.78, 5) is 20.4. The van der Waals surface area contributed by atoms with Crippen LogP contribution in [-0.4, -0.2) is 22.9 Å². The first-order valence-electron chi connectivity index (χ1n) is 6.06. The van der Waals surface area contributed by atoms with Crippen LogP contribution in [0.5, 0.6) is 0 Å². The quantitative estimate of drug-likeness (QED) is 0.878. The summed E-state index contributed by atoms with van der Waals surface area (Å²) in [5.41, 5.74) is 1.49. The predicted octanol–water partition coefficient (Wildman–Crippen LogP) is 2.01. The van der Waals surface area contributed by atoms with Crippen molar-refractivity contribution in [2.75, 3.05) is 12.4 Å². The number of anilines is 1. The SMILES string of the molecule is CNc1ncccc1C(=O)NC(C)c1cccnc1. The number of carbonyl (C=O) groups excluding carboxylic acids is 1. The molecule has 0 bridgehead atoms. The molecule has 5 nitrogen and oxygen atoms in total. The van der Waals surface area contributed by atoms with Crippen LogP contribution in [0.15, 0.2) is 42.9 Å². The Morgan fingerprint density at radius 1 is 1.26 bits per heavy atom. The first-order chi connectivity index (χ1) is 9.22. The lowest BCUT2D eigenvalue weighted by Crippen LogP contribution is -2.27. The molecule has 0 saturated carbocycles. The van der Waals surface area contributed by atoms with Crippen molar-refractivity contribution in [3.05, 3.63) is 54.0 Å². The zero-order chi connectivity index (χ0) is 13.7. The van der Waals surface area contributed by atoms with E-state index in [-0.39, 0.29) is 11.9 Å². The Bertz CT molecular complexity index is 556. The Kier molecular flexibility index (Phi) is 4.07. The van der Waals surface area contributed by atoms with Crippen molar-refractivity contribution < 1.29 is 4.79 Å². The van der Waals surface area contributed by atoms with Crippen molar-refractivity contribution in [3.63, 3.8) is 0 Å². The van der Waals surface area contributed by atoms with Crippen molar-refractivity contribution in [2.24, 2.45) is 0 Å². The second kappa shape index (κ2) is 5.95. The Labute approximate surface area is 112 Å². The molecule has 0 spiro atoms. The fourth-order valence-electron chi connectivity index (χ4n) is 1.78. The van der Waals surface area contributed by atoms with Crippen LogP contribution in [0.4, 0.5) is 5.82 Å². The molecule has 0 fully saturated rings. The minimum absolute atomic E-state index is 0.105. The van der Waals surface area contributed by atoms with E-state index in [4.69, 9.17) is 0 Å². The van der Waals surface area contributed by atoms with Crippen LogP contribution in [-0.2, 0) is 0 Å². The second-order valence-corrected chi connectivity index (χ2v) is 4.13. The Morgan fingerprint density at radius 3 is 2.74 bits per heavy atom. The minimum Gasteiger partial charge on any atom is -0.372 e. The van der Waals surface area contributed by atoms with Gasteiger partial charge in [-0.15, -0.1) is 0 Å². The van der Waals surface area contributed by atoms with Crippen LogP contribution < -0.4 is 10.6 Å². The standard InChI is InChI=1S/C14H16N4O/c1-10(11-5-3-7-16-9-11)18-14(19)12-6-4-8-17-13(12)15-2/h3-10H,1-2H3,(H,15,17)(H,18,19). The summed E-state index contributed by atoms with van der Waals surface area (Å²) in [5, 5.41) is 5.83. The zero-order valence-electron chi connectivity index (χ0n) is 10.9. The Balaban J connectivity index is 2.13. The summed E-state index contributed by atoms with van der Waals surface area (Å²) in [6.45, 7) is 1.92. The maximum absolute atomic E-state index is 12.2. The number of hydrogen-bond donors (Lipinski definition) is 2. The molecule has 0 radical (unpaired) electrons. The highest BCUT2D eigenvalue weighted by Crippen LogP contribution is 2.14. The molecule has 0 aliphatic carbocycles. The van der Waals surface area contributed by atoms with Crippen molar-refractivity contribution in [1.29, 1.82) is 0 Å². The number of aromatic nitrogens is 2. The predicted molar refractivity (Wildman–Crippen MR) is 73.9 cm³/mol. The molecule has 2 rings (SSSR count). The van der Waals surface area contributed by atoms with E-state index in [2.05, 4.69) is 20.6 Å². The van der Waals surface area contributed by atoms with Crippen molar-refractivity contribution in [1.82, 2.24) is 15.3 Å². The Morgan fingerprint density at radius 2 is 2.05 bits per heavy atom. The third kappa shape index (κ3) is 3.07. The molecule has 0 saturated heterocycles. The van der Waals surface area contributed by atoms with Crippen LogP contribution in [0.2, 0.25) is 0 Å². The topological polar surface area (TPSA) is 66.9 Å². The molecule has 98 valence electrons. The van der Waals surface area contributed by atoms with Gasteiger partial charge in [-0.2, -0.15) is 0 Å². The highest BCUT2D eigenvalue weighted by molar-refractivity contribution is 5.98. The van der Waals surface area contributed by atoms with Gasteiger partial charge in [0.1, 0.15) is 5.82 Å². The summed E-state index contributed by atoms with van der Waals surface area (Å²) in [7, 11) is 1.74. The molecule has 2 aromatic heterocycles. The lowest BCUT2D eigenvalue weighted by Gasteiger charge is -2.15. The molecular formula is C14H16N4O. The van der Waals surface area contributed by atoms with Crippen LogP contribution in [0.25, 0.3) is 0 Å². The fraction of sp³-hybridized carbons (Fsp3) is 0.214. The van der Waals surface area contributed by atoms with E-state index in [1.54, 1.807) is 37.8 Å². The molecule has 0 aromatic carbocycles. The second-order valence-electron chi connectivity index (χ2n) is 4.13. The normalized spacial score (nSPS) is 11.7. The lowest BCUT2D eigenvalue weighted by atomic mass is 10.1. The van der Waals surface area contributed by atoms with Gasteiger partial charge in [-0.3, -0.25) is 9.78 Å². The molecule has 1 unspecified atom stereocenters. The number of carbonyl (C=O) groups is 1. The summed E-state index contributed by atoms with van der Waals surface area (Å²) < 4.78 is 0. The summed E-state index contributed by atoms with van der Waals surface area (Å²) in [5.74, 6) is 0.409. The monoisotopic (exact) mass is 256 g/mol. The van der Waals surface area contributed by atoms with E-state index in [1.807, 2.05) is 19.1 Å². The first kappa shape index (κ1) is 13.0. The number of nitrogens with one attached hydrogen (secondary N) is 2. The average Bonchev–Trinajstić information content (AvgIpc) is 2.48. The summed E-state index contributed by atoms with van der Waals surface area (Å²) in [6, 6.07) is 7.15. The van der Waals surface area contributed by atoms with E-state index < -0.39 is 0 Å². The van der Waals surface area contributed by atoms with Crippen LogP contribution in [0, 0.1) is 0 Å². The van der Waals surface area contributed by atoms with Gasteiger partial charge in [0, 0.05) is 25.6 Å². The fourth-order valence-corrected chi connectivity index (χ4v) is 1.78. The molecule has 0 aliphatic heterocycles. The van der Waals surface area contributed by atoms with E-state index in [0.29, 0.717) is 11.4 Å². The maximum atomic E-state index is 12.2. The van der Waals surface area contributed by atoms with Gasteiger partial charge in [0.25, 0.3) is 5.91 Å². The molecular weight excluding hydrogens is 240 g/mol. The van der Waals surface area contributed by atoms with E-state index in [1.165, 1.54) is 0 Å². The van der Waals surface area contributed by atoms with Gasteiger partial charge in [-0.25, -0.2) is 4.98 Å². The molecule has 1 amide bonds. The van der Waals surface area contributed by atoms with Crippen molar-refractivity contribution >= 4 is 11.7 Å². The van der Waals surface area contributed by atoms with Gasteiger partial charge in [0.05, 0.1) is 11.6 Å². The molecule has 2 N–H and O–H groups in total. The maximum Gasteiger partial charge on any atom is 0.255 e. The molecule has 19 heavy (non-hydrogen) atoms. The van der Waals surface area contributed by atoms with Gasteiger partial charge < -0.3 is 10.6 Å². The number of nitrogens with zero attached hydrogens (tertiary/aromatic N) is 2. The van der Waals surface area contributed by atoms with Gasteiger partial charge in [0.2, 0.25) is 0 Å². The molecule has 0 aliphatic rings. The highest BCUT2D eigenvalue weighted by Gasteiger charge is 2.14. The van der Waals surface area contributed by atoms with Gasteiger partial charge in [-0.1, -0.05) is 6.07 Å². The Hall–Kier alpha value is -2.43. The third-order valence-corrected chi connectivity index (χ3v) is 2.82. The summed E-state index contributed by atoms with van der Waals surface area (Å²) >= 11 is 0. The smallest absolute Gasteiger partial charge is 0.255 e. The first-order valence-corrected chi connectivity index (χ1v) is 6.06. The number of pyridine rings is 2. The van der Waals surface area contributed by atoms with Gasteiger partial charge >= 0.3 is 0 Å².